The van der Waals surface area contributed by atoms with Crippen molar-refractivity contribution in [3.05, 3.63) is 24.5 Å². The molecule has 3 unspecified atom stereocenters. The number of nitrogens with zero attached hydrogens (tertiary/aromatic N) is 3. The van der Waals surface area contributed by atoms with Crippen LogP contribution in [-0.2, 0) is 14.3 Å². The van der Waals surface area contributed by atoms with E-state index in [2.05, 4.69) is 14.8 Å². The SMILES string of the molecule is CCC(=O)OC(=O)C1(N)CCCC(N2CCN(c3ccncc3)CC2)C1C. The zero-order chi connectivity index (χ0) is 19.4. The highest BCUT2D eigenvalue weighted by Crippen LogP contribution is 2.36. The molecule has 3 rings (SSSR count). The molecule has 1 aromatic rings. The standard InChI is InChI=1S/C20H30N4O3/c1-3-18(25)27-19(26)20(21)8-4-5-17(15(20)2)24-13-11-23(12-14-24)16-6-9-22-10-7-16/h6-7,9-10,15,17H,3-5,8,11-14,21H2,1-2H3. The Balaban J connectivity index is 1.63. The van der Waals surface area contributed by atoms with E-state index in [0.717, 1.165) is 39.0 Å². The molecule has 0 bridgehead atoms. The molecule has 7 nitrogen and oxygen atoms in total. The average Bonchev–Trinajstić information content (AvgIpc) is 2.70. The third-order valence-electron chi connectivity index (χ3n) is 6.17. The molecule has 1 saturated carbocycles. The van der Waals surface area contributed by atoms with Crippen molar-refractivity contribution < 1.29 is 14.3 Å². The molecule has 2 heterocycles. The number of hydrogen-bond donors (Lipinski definition) is 1. The van der Waals surface area contributed by atoms with Crippen LogP contribution in [0.3, 0.4) is 0 Å². The third kappa shape index (κ3) is 4.14. The maximum atomic E-state index is 12.6. The monoisotopic (exact) mass is 374 g/mol. The lowest BCUT2D eigenvalue weighted by Gasteiger charge is -2.48. The second kappa shape index (κ2) is 8.35. The maximum absolute atomic E-state index is 12.6. The first-order chi connectivity index (χ1) is 13.0. The van der Waals surface area contributed by atoms with Gasteiger partial charge < -0.3 is 15.4 Å². The first-order valence-electron chi connectivity index (χ1n) is 9.88. The van der Waals surface area contributed by atoms with E-state index >= 15 is 0 Å². The second-order valence-electron chi connectivity index (χ2n) is 7.63. The maximum Gasteiger partial charge on any atom is 0.334 e. The topological polar surface area (TPSA) is 88.8 Å². The molecular formula is C20H30N4O3. The average molecular weight is 374 g/mol. The molecule has 27 heavy (non-hydrogen) atoms. The molecule has 7 heteroatoms. The van der Waals surface area contributed by atoms with Crippen molar-refractivity contribution in [2.24, 2.45) is 11.7 Å². The number of piperazine rings is 1. The molecule has 2 N–H and O–H groups in total. The number of anilines is 1. The van der Waals surface area contributed by atoms with Gasteiger partial charge in [0.15, 0.2) is 0 Å². The van der Waals surface area contributed by atoms with Crippen LogP contribution in [0.5, 0.6) is 0 Å². The summed E-state index contributed by atoms with van der Waals surface area (Å²) in [7, 11) is 0. The van der Waals surface area contributed by atoms with Crippen LogP contribution in [0.4, 0.5) is 5.69 Å². The van der Waals surface area contributed by atoms with Gasteiger partial charge in [0.25, 0.3) is 0 Å². The number of aromatic nitrogens is 1. The molecule has 1 aromatic heterocycles. The van der Waals surface area contributed by atoms with Crippen LogP contribution in [0, 0.1) is 5.92 Å². The Labute approximate surface area is 160 Å². The van der Waals surface area contributed by atoms with Gasteiger partial charge >= 0.3 is 11.9 Å². The number of carbonyl (C=O) groups excluding carboxylic acids is 2. The first kappa shape index (κ1) is 19.8. The Hall–Kier alpha value is -1.99. The smallest absolute Gasteiger partial charge is 0.334 e. The summed E-state index contributed by atoms with van der Waals surface area (Å²) >= 11 is 0. The van der Waals surface area contributed by atoms with Crippen molar-refractivity contribution in [3.63, 3.8) is 0 Å². The van der Waals surface area contributed by atoms with Gasteiger partial charge in [-0.05, 0) is 31.4 Å². The van der Waals surface area contributed by atoms with Crippen molar-refractivity contribution in [2.45, 2.75) is 51.1 Å². The van der Waals surface area contributed by atoms with Crippen LogP contribution in [0.25, 0.3) is 0 Å². The predicted molar refractivity (Wildman–Crippen MR) is 103 cm³/mol. The van der Waals surface area contributed by atoms with Crippen LogP contribution >= 0.6 is 0 Å². The highest BCUT2D eigenvalue weighted by molar-refractivity contribution is 5.91. The number of pyridine rings is 1. The minimum absolute atomic E-state index is 0.0594. The van der Waals surface area contributed by atoms with Crippen molar-refractivity contribution >= 4 is 17.6 Å². The molecule has 148 valence electrons. The summed E-state index contributed by atoms with van der Waals surface area (Å²) in [4.78, 5) is 33.0. The minimum Gasteiger partial charge on any atom is -0.392 e. The fourth-order valence-electron chi connectivity index (χ4n) is 4.35. The summed E-state index contributed by atoms with van der Waals surface area (Å²) in [6.07, 6.45) is 6.26. The quantitative estimate of drug-likeness (QED) is 0.632. The van der Waals surface area contributed by atoms with Gasteiger partial charge in [-0.2, -0.15) is 0 Å². The van der Waals surface area contributed by atoms with Gasteiger partial charge in [-0.25, -0.2) is 4.79 Å². The summed E-state index contributed by atoms with van der Waals surface area (Å²) < 4.78 is 4.99. The molecule has 2 fully saturated rings. The van der Waals surface area contributed by atoms with E-state index in [9.17, 15) is 9.59 Å². The van der Waals surface area contributed by atoms with Crippen LogP contribution in [0.1, 0.15) is 39.5 Å². The highest BCUT2D eigenvalue weighted by Gasteiger charge is 2.49. The largest absolute Gasteiger partial charge is 0.392 e. The van der Waals surface area contributed by atoms with E-state index in [4.69, 9.17) is 10.5 Å². The third-order valence-corrected chi connectivity index (χ3v) is 6.17. The van der Waals surface area contributed by atoms with Crippen molar-refractivity contribution in [1.29, 1.82) is 0 Å². The number of nitrogens with two attached hydrogens (primary N) is 1. The van der Waals surface area contributed by atoms with Crippen LogP contribution in [0.2, 0.25) is 0 Å². The number of carbonyl (C=O) groups is 2. The molecule has 3 atom stereocenters. The van der Waals surface area contributed by atoms with E-state index < -0.39 is 17.5 Å². The van der Waals surface area contributed by atoms with Crippen LogP contribution in [0.15, 0.2) is 24.5 Å². The Morgan fingerprint density at radius 2 is 1.93 bits per heavy atom. The van der Waals surface area contributed by atoms with Crippen LogP contribution in [-0.4, -0.2) is 59.6 Å². The Morgan fingerprint density at radius 3 is 2.56 bits per heavy atom. The molecule has 1 aliphatic heterocycles. The van der Waals surface area contributed by atoms with E-state index in [1.807, 2.05) is 31.5 Å². The van der Waals surface area contributed by atoms with E-state index in [0.29, 0.717) is 6.42 Å². The first-order valence-corrected chi connectivity index (χ1v) is 9.88. The predicted octanol–water partition coefficient (Wildman–Crippen LogP) is 1.57. The lowest BCUT2D eigenvalue weighted by atomic mass is 9.70. The second-order valence-corrected chi connectivity index (χ2v) is 7.63. The molecule has 0 radical (unpaired) electrons. The molecule has 2 aliphatic rings. The molecule has 0 aromatic carbocycles. The van der Waals surface area contributed by atoms with Gasteiger partial charge in [0, 0.05) is 62.6 Å². The summed E-state index contributed by atoms with van der Waals surface area (Å²) in [5.41, 5.74) is 6.60. The highest BCUT2D eigenvalue weighted by atomic mass is 16.6. The van der Waals surface area contributed by atoms with Crippen molar-refractivity contribution in [1.82, 2.24) is 9.88 Å². The zero-order valence-electron chi connectivity index (χ0n) is 16.3. The Morgan fingerprint density at radius 1 is 1.26 bits per heavy atom. The van der Waals surface area contributed by atoms with Gasteiger partial charge in [0.1, 0.15) is 5.54 Å². The summed E-state index contributed by atoms with van der Waals surface area (Å²) in [5, 5.41) is 0. The summed E-state index contributed by atoms with van der Waals surface area (Å²) in [5.74, 6) is -1.14. The van der Waals surface area contributed by atoms with Gasteiger partial charge in [0.2, 0.25) is 0 Å². The summed E-state index contributed by atoms with van der Waals surface area (Å²) in [6, 6.07) is 4.29. The fraction of sp³-hybridized carbons (Fsp3) is 0.650. The number of rotatable bonds is 4. The Kier molecular flexibility index (Phi) is 6.11. The normalized spacial score (nSPS) is 29.4. The number of esters is 2. The van der Waals surface area contributed by atoms with Gasteiger partial charge in [-0.15, -0.1) is 0 Å². The van der Waals surface area contributed by atoms with Gasteiger partial charge in [-0.1, -0.05) is 13.8 Å². The Bertz CT molecular complexity index is 660. The number of ether oxygens (including phenoxy) is 1. The fourth-order valence-corrected chi connectivity index (χ4v) is 4.35. The molecular weight excluding hydrogens is 344 g/mol. The molecule has 0 spiro atoms. The molecule has 0 amide bonds. The van der Waals surface area contributed by atoms with E-state index in [-0.39, 0.29) is 18.4 Å². The van der Waals surface area contributed by atoms with E-state index in [1.54, 1.807) is 6.92 Å². The van der Waals surface area contributed by atoms with E-state index in [1.165, 1.54) is 5.69 Å². The molecule has 1 aliphatic carbocycles. The summed E-state index contributed by atoms with van der Waals surface area (Å²) in [6.45, 7) is 7.42. The van der Waals surface area contributed by atoms with Crippen LogP contribution < -0.4 is 10.6 Å². The van der Waals surface area contributed by atoms with Gasteiger partial charge in [-0.3, -0.25) is 14.7 Å². The van der Waals surface area contributed by atoms with Crippen molar-refractivity contribution in [3.8, 4) is 0 Å². The minimum atomic E-state index is -1.09. The van der Waals surface area contributed by atoms with Gasteiger partial charge in [0.05, 0.1) is 0 Å². The van der Waals surface area contributed by atoms with Crippen molar-refractivity contribution in [2.75, 3.05) is 31.1 Å². The molecule has 1 saturated heterocycles. The number of hydrogen-bond acceptors (Lipinski definition) is 7. The zero-order valence-corrected chi connectivity index (χ0v) is 16.3. The lowest BCUT2D eigenvalue weighted by molar-refractivity contribution is -0.167. The lowest BCUT2D eigenvalue weighted by Crippen LogP contribution is -2.64.